The molecule has 94 valence electrons. The lowest BCUT2D eigenvalue weighted by atomic mass is 10.1. The standard InChI is InChI=1S/C14H20BrNO/c1-5-16(14(17)13(15)10(2)3)12-9-7-6-8-11(12)4/h6-10,13H,5H2,1-4H3. The van der Waals surface area contributed by atoms with Crippen molar-refractivity contribution in [3.63, 3.8) is 0 Å². The first-order chi connectivity index (χ1) is 7.99. The molecule has 1 atom stereocenters. The van der Waals surface area contributed by atoms with Gasteiger partial charge in [-0.15, -0.1) is 0 Å². The predicted octanol–water partition coefficient (Wildman–Crippen LogP) is 3.77. The molecule has 0 saturated carbocycles. The number of amides is 1. The molecule has 0 aliphatic carbocycles. The van der Waals surface area contributed by atoms with E-state index in [-0.39, 0.29) is 10.7 Å². The van der Waals surface area contributed by atoms with Gasteiger partial charge in [0.05, 0.1) is 4.83 Å². The Bertz CT molecular complexity index is 390. The number of hydrogen-bond acceptors (Lipinski definition) is 1. The fraction of sp³-hybridized carbons (Fsp3) is 0.500. The van der Waals surface area contributed by atoms with Crippen LogP contribution >= 0.6 is 15.9 Å². The van der Waals surface area contributed by atoms with Crippen LogP contribution in [-0.2, 0) is 4.79 Å². The van der Waals surface area contributed by atoms with Gasteiger partial charge in [0.15, 0.2) is 0 Å². The minimum Gasteiger partial charge on any atom is -0.311 e. The first-order valence-corrected chi connectivity index (χ1v) is 6.91. The van der Waals surface area contributed by atoms with Crippen molar-refractivity contribution in [3.8, 4) is 0 Å². The Morgan fingerprint density at radius 1 is 1.35 bits per heavy atom. The van der Waals surface area contributed by atoms with Crippen LogP contribution in [0.1, 0.15) is 26.3 Å². The number of benzene rings is 1. The number of rotatable bonds is 4. The fourth-order valence-corrected chi connectivity index (χ4v) is 1.99. The molecule has 0 spiro atoms. The molecule has 1 amide bonds. The Morgan fingerprint density at radius 3 is 2.41 bits per heavy atom. The summed E-state index contributed by atoms with van der Waals surface area (Å²) in [4.78, 5) is 14.1. The van der Waals surface area contributed by atoms with Gasteiger partial charge in [0.1, 0.15) is 0 Å². The second-order valence-electron chi connectivity index (χ2n) is 4.51. The molecule has 0 radical (unpaired) electrons. The number of anilines is 1. The van der Waals surface area contributed by atoms with Gasteiger partial charge in [-0.2, -0.15) is 0 Å². The van der Waals surface area contributed by atoms with Crippen molar-refractivity contribution in [2.24, 2.45) is 5.92 Å². The van der Waals surface area contributed by atoms with Crippen molar-refractivity contribution in [3.05, 3.63) is 29.8 Å². The SMILES string of the molecule is CCN(C(=O)C(Br)C(C)C)c1ccccc1C. The predicted molar refractivity (Wildman–Crippen MR) is 76.8 cm³/mol. The number of aryl methyl sites for hydroxylation is 1. The molecule has 17 heavy (non-hydrogen) atoms. The maximum Gasteiger partial charge on any atom is 0.241 e. The molecule has 1 unspecified atom stereocenters. The van der Waals surface area contributed by atoms with Crippen molar-refractivity contribution < 1.29 is 4.79 Å². The molecular weight excluding hydrogens is 278 g/mol. The Balaban J connectivity index is 3.00. The third kappa shape index (κ3) is 3.32. The minimum absolute atomic E-state index is 0.123. The Morgan fingerprint density at radius 2 is 1.94 bits per heavy atom. The van der Waals surface area contributed by atoms with E-state index in [0.29, 0.717) is 12.5 Å². The highest BCUT2D eigenvalue weighted by atomic mass is 79.9. The zero-order valence-corrected chi connectivity index (χ0v) is 12.5. The number of alkyl halides is 1. The van der Waals surface area contributed by atoms with Crippen LogP contribution in [0.4, 0.5) is 5.69 Å². The van der Waals surface area contributed by atoms with Crippen molar-refractivity contribution in [1.82, 2.24) is 0 Å². The van der Waals surface area contributed by atoms with Crippen molar-refractivity contribution in [1.29, 1.82) is 0 Å². The molecule has 1 aromatic carbocycles. The van der Waals surface area contributed by atoms with E-state index in [1.54, 1.807) is 0 Å². The van der Waals surface area contributed by atoms with Crippen LogP contribution in [0.5, 0.6) is 0 Å². The van der Waals surface area contributed by atoms with Gasteiger partial charge in [-0.3, -0.25) is 4.79 Å². The molecule has 0 heterocycles. The summed E-state index contributed by atoms with van der Waals surface area (Å²) < 4.78 is 0. The lowest BCUT2D eigenvalue weighted by molar-refractivity contribution is -0.118. The molecule has 1 rings (SSSR count). The smallest absolute Gasteiger partial charge is 0.241 e. The number of halogens is 1. The molecule has 0 aliphatic rings. The molecule has 0 aromatic heterocycles. The van der Waals surface area contributed by atoms with Crippen molar-refractivity contribution in [2.75, 3.05) is 11.4 Å². The highest BCUT2D eigenvalue weighted by Crippen LogP contribution is 2.23. The van der Waals surface area contributed by atoms with Crippen LogP contribution < -0.4 is 4.90 Å². The molecule has 0 N–H and O–H groups in total. The molecule has 2 nitrogen and oxygen atoms in total. The van der Waals surface area contributed by atoms with Gasteiger partial charge in [0, 0.05) is 12.2 Å². The summed E-state index contributed by atoms with van der Waals surface area (Å²) in [6, 6.07) is 7.99. The topological polar surface area (TPSA) is 20.3 Å². The van der Waals surface area contributed by atoms with Crippen LogP contribution in [0.3, 0.4) is 0 Å². The summed E-state index contributed by atoms with van der Waals surface area (Å²) in [7, 11) is 0. The molecule has 3 heteroatoms. The van der Waals surface area contributed by atoms with E-state index in [0.717, 1.165) is 11.3 Å². The van der Waals surface area contributed by atoms with E-state index < -0.39 is 0 Å². The van der Waals surface area contributed by atoms with Gasteiger partial charge in [0.25, 0.3) is 0 Å². The first-order valence-electron chi connectivity index (χ1n) is 6.00. The summed E-state index contributed by atoms with van der Waals surface area (Å²) in [5, 5.41) is 0. The van der Waals surface area contributed by atoms with Gasteiger partial charge in [-0.05, 0) is 31.4 Å². The lowest BCUT2D eigenvalue weighted by Crippen LogP contribution is -2.39. The average molecular weight is 298 g/mol. The van der Waals surface area contributed by atoms with Crippen molar-refractivity contribution >= 4 is 27.5 Å². The summed E-state index contributed by atoms with van der Waals surface area (Å²) in [6.45, 7) is 8.82. The molecule has 1 aromatic rings. The maximum atomic E-state index is 12.3. The fourth-order valence-electron chi connectivity index (χ4n) is 1.75. The molecule has 0 saturated heterocycles. The molecular formula is C14H20BrNO. The number of nitrogens with zero attached hydrogens (tertiary/aromatic N) is 1. The second kappa shape index (κ2) is 6.20. The maximum absolute atomic E-state index is 12.3. The van der Waals surface area contributed by atoms with Gasteiger partial charge in [-0.1, -0.05) is 48.0 Å². The summed E-state index contributed by atoms with van der Waals surface area (Å²) in [5.41, 5.74) is 2.14. The highest BCUT2D eigenvalue weighted by molar-refractivity contribution is 9.10. The number of para-hydroxylation sites is 1. The summed E-state index contributed by atoms with van der Waals surface area (Å²) >= 11 is 3.48. The zero-order chi connectivity index (χ0) is 13.0. The first kappa shape index (κ1) is 14.2. The van der Waals surface area contributed by atoms with Crippen LogP contribution in [0.15, 0.2) is 24.3 Å². The number of hydrogen-bond donors (Lipinski definition) is 0. The Labute approximate surface area is 112 Å². The monoisotopic (exact) mass is 297 g/mol. The van der Waals surface area contributed by atoms with Crippen LogP contribution in [-0.4, -0.2) is 17.3 Å². The van der Waals surface area contributed by atoms with Crippen molar-refractivity contribution in [2.45, 2.75) is 32.5 Å². The third-order valence-corrected chi connectivity index (χ3v) is 4.26. The van der Waals surface area contributed by atoms with Crippen LogP contribution in [0.25, 0.3) is 0 Å². The van der Waals surface area contributed by atoms with E-state index in [1.165, 1.54) is 0 Å². The Kier molecular flexibility index (Phi) is 5.19. The molecule has 0 fully saturated rings. The van der Waals surface area contributed by atoms with E-state index in [2.05, 4.69) is 15.9 Å². The minimum atomic E-state index is -0.123. The summed E-state index contributed by atoms with van der Waals surface area (Å²) in [6.07, 6.45) is 0. The molecule has 0 aliphatic heterocycles. The Hall–Kier alpha value is -0.830. The highest BCUT2D eigenvalue weighted by Gasteiger charge is 2.25. The quantitative estimate of drug-likeness (QED) is 0.775. The third-order valence-electron chi connectivity index (χ3n) is 2.81. The second-order valence-corrected chi connectivity index (χ2v) is 5.50. The van der Waals surface area contributed by atoms with Crippen LogP contribution in [0.2, 0.25) is 0 Å². The van der Waals surface area contributed by atoms with E-state index >= 15 is 0 Å². The van der Waals surface area contributed by atoms with Gasteiger partial charge < -0.3 is 4.90 Å². The number of carbonyl (C=O) groups excluding carboxylic acids is 1. The number of carbonyl (C=O) groups is 1. The lowest BCUT2D eigenvalue weighted by Gasteiger charge is -2.26. The zero-order valence-electron chi connectivity index (χ0n) is 10.9. The van der Waals surface area contributed by atoms with Gasteiger partial charge in [-0.25, -0.2) is 0 Å². The largest absolute Gasteiger partial charge is 0.311 e. The normalized spacial score (nSPS) is 12.6. The van der Waals surface area contributed by atoms with Crippen LogP contribution in [0, 0.1) is 12.8 Å². The van der Waals surface area contributed by atoms with Gasteiger partial charge in [0.2, 0.25) is 5.91 Å². The molecule has 0 bridgehead atoms. The van der Waals surface area contributed by atoms with Gasteiger partial charge >= 0.3 is 0 Å². The summed E-state index contributed by atoms with van der Waals surface area (Å²) in [5.74, 6) is 0.428. The average Bonchev–Trinajstić information content (AvgIpc) is 2.31. The van der Waals surface area contributed by atoms with E-state index in [4.69, 9.17) is 0 Å². The van der Waals surface area contributed by atoms with E-state index in [9.17, 15) is 4.79 Å². The van der Waals surface area contributed by atoms with E-state index in [1.807, 2.05) is 56.9 Å².